The van der Waals surface area contributed by atoms with Gasteiger partial charge in [0.05, 0.1) is 7.11 Å². The van der Waals surface area contributed by atoms with Crippen LogP contribution >= 0.6 is 0 Å². The molecule has 0 saturated carbocycles. The third kappa shape index (κ3) is 1.59. The van der Waals surface area contributed by atoms with Gasteiger partial charge in [0.25, 0.3) is 0 Å². The van der Waals surface area contributed by atoms with E-state index in [1.807, 2.05) is 6.07 Å². The molecule has 0 amide bonds. The highest BCUT2D eigenvalue weighted by Gasteiger charge is 2.02. The van der Waals surface area contributed by atoms with Crippen LogP contribution in [-0.4, -0.2) is 19.1 Å². The molecule has 4 nitrogen and oxygen atoms in total. The van der Waals surface area contributed by atoms with Gasteiger partial charge in [-0.05, 0) is 12.1 Å². The van der Waals surface area contributed by atoms with Crippen molar-refractivity contribution in [1.29, 1.82) is 0 Å². The van der Waals surface area contributed by atoms with E-state index in [1.54, 1.807) is 31.5 Å². The van der Waals surface area contributed by atoms with E-state index in [4.69, 9.17) is 10.6 Å². The van der Waals surface area contributed by atoms with Gasteiger partial charge in [-0.15, -0.1) is 0 Å². The molecule has 0 saturated heterocycles. The molecule has 1 rings (SSSR count). The van der Waals surface area contributed by atoms with Gasteiger partial charge in [0, 0.05) is 13.2 Å². The first-order chi connectivity index (χ1) is 5.25. The highest BCUT2D eigenvalue weighted by atomic mass is 16.7. The monoisotopic (exact) mass is 153 g/mol. The van der Waals surface area contributed by atoms with Crippen molar-refractivity contribution < 1.29 is 4.84 Å². The molecule has 0 atom stereocenters. The van der Waals surface area contributed by atoms with Crippen molar-refractivity contribution in [2.24, 2.45) is 0 Å². The lowest BCUT2D eigenvalue weighted by Crippen LogP contribution is -2.16. The van der Waals surface area contributed by atoms with E-state index < -0.39 is 0 Å². The van der Waals surface area contributed by atoms with Crippen molar-refractivity contribution in [2.45, 2.75) is 0 Å². The molecule has 0 spiro atoms. The maximum Gasteiger partial charge on any atom is 0.149 e. The van der Waals surface area contributed by atoms with E-state index in [0.717, 1.165) is 5.69 Å². The van der Waals surface area contributed by atoms with Gasteiger partial charge in [-0.3, -0.25) is 9.90 Å². The number of aromatic nitrogens is 1. The Balaban J connectivity index is 2.93. The summed E-state index contributed by atoms with van der Waals surface area (Å²) < 4.78 is 0. The minimum atomic E-state index is 0.469. The Labute approximate surface area is 65.5 Å². The van der Waals surface area contributed by atoms with Crippen LogP contribution in [0.1, 0.15) is 0 Å². The zero-order valence-electron chi connectivity index (χ0n) is 6.61. The van der Waals surface area contributed by atoms with Gasteiger partial charge in [-0.25, -0.2) is 4.98 Å². The molecule has 1 heterocycles. The van der Waals surface area contributed by atoms with Gasteiger partial charge < -0.3 is 5.73 Å². The molecule has 0 aliphatic heterocycles. The number of pyridine rings is 1. The summed E-state index contributed by atoms with van der Waals surface area (Å²) in [7, 11) is 3.35. The molecule has 0 aliphatic carbocycles. The van der Waals surface area contributed by atoms with Crippen LogP contribution in [0.2, 0.25) is 0 Å². The number of hydrogen-bond donors (Lipinski definition) is 1. The summed E-state index contributed by atoms with van der Waals surface area (Å²) in [5.41, 5.74) is 6.34. The summed E-state index contributed by atoms with van der Waals surface area (Å²) in [4.78, 5) is 8.83. The second kappa shape index (κ2) is 3.21. The van der Waals surface area contributed by atoms with Crippen molar-refractivity contribution in [3.63, 3.8) is 0 Å². The van der Waals surface area contributed by atoms with E-state index in [-0.39, 0.29) is 0 Å². The highest BCUT2D eigenvalue weighted by molar-refractivity contribution is 5.60. The lowest BCUT2D eigenvalue weighted by atomic mass is 10.4. The minimum absolute atomic E-state index is 0.469. The summed E-state index contributed by atoms with van der Waals surface area (Å²) in [5.74, 6) is 0.469. The topological polar surface area (TPSA) is 51.4 Å². The van der Waals surface area contributed by atoms with Gasteiger partial charge >= 0.3 is 0 Å². The Morgan fingerprint density at radius 2 is 2.36 bits per heavy atom. The number of nitrogens with two attached hydrogens (primary N) is 1. The summed E-state index contributed by atoms with van der Waals surface area (Å²) in [6, 6.07) is 3.65. The predicted molar refractivity (Wildman–Crippen MR) is 44.1 cm³/mol. The fourth-order valence-corrected chi connectivity index (χ4v) is 0.774. The Morgan fingerprint density at radius 1 is 1.64 bits per heavy atom. The zero-order chi connectivity index (χ0) is 8.27. The Hall–Kier alpha value is -1.29. The van der Waals surface area contributed by atoms with Crippen molar-refractivity contribution in [2.75, 3.05) is 25.0 Å². The van der Waals surface area contributed by atoms with Crippen LogP contribution in [0.15, 0.2) is 18.3 Å². The maximum absolute atomic E-state index is 5.56. The molecular weight excluding hydrogens is 142 g/mol. The van der Waals surface area contributed by atoms with Crippen LogP contribution in [0, 0.1) is 0 Å². The lowest BCUT2D eigenvalue weighted by Gasteiger charge is -2.16. The molecule has 1 aromatic heterocycles. The minimum Gasteiger partial charge on any atom is -0.382 e. The van der Waals surface area contributed by atoms with E-state index >= 15 is 0 Å². The standard InChI is InChI=1S/C7H11N3O/c1-10(11-2)6-4-3-5-9-7(6)8/h3-5H,1-2H3,(H2,8,9). The number of rotatable bonds is 2. The second-order valence-corrected chi connectivity index (χ2v) is 2.09. The molecule has 0 aliphatic rings. The average Bonchev–Trinajstić information content (AvgIpc) is 2.04. The van der Waals surface area contributed by atoms with Gasteiger partial charge in [0.15, 0.2) is 0 Å². The average molecular weight is 153 g/mol. The smallest absolute Gasteiger partial charge is 0.149 e. The van der Waals surface area contributed by atoms with Crippen molar-refractivity contribution in [3.8, 4) is 0 Å². The summed E-state index contributed by atoms with van der Waals surface area (Å²) in [5, 5.41) is 1.56. The highest BCUT2D eigenvalue weighted by Crippen LogP contribution is 2.17. The molecule has 0 bridgehead atoms. The summed E-state index contributed by atoms with van der Waals surface area (Å²) in [6.45, 7) is 0. The van der Waals surface area contributed by atoms with Crippen molar-refractivity contribution >= 4 is 11.5 Å². The SMILES string of the molecule is CON(C)c1cccnc1N. The molecule has 1 aromatic rings. The Morgan fingerprint density at radius 3 is 2.91 bits per heavy atom. The molecule has 11 heavy (non-hydrogen) atoms. The van der Waals surface area contributed by atoms with E-state index in [0.29, 0.717) is 5.82 Å². The van der Waals surface area contributed by atoms with Crippen LogP contribution in [0.25, 0.3) is 0 Å². The van der Waals surface area contributed by atoms with Gasteiger partial charge in [0.1, 0.15) is 11.5 Å². The molecule has 0 aromatic carbocycles. The predicted octanol–water partition coefficient (Wildman–Crippen LogP) is 0.661. The first kappa shape index (κ1) is 7.81. The molecule has 4 heteroatoms. The number of nitrogens with zero attached hydrogens (tertiary/aromatic N) is 2. The van der Waals surface area contributed by atoms with Crippen LogP contribution in [0.3, 0.4) is 0 Å². The zero-order valence-corrected chi connectivity index (χ0v) is 6.61. The molecule has 0 unspecified atom stereocenters. The van der Waals surface area contributed by atoms with Crippen LogP contribution < -0.4 is 10.8 Å². The lowest BCUT2D eigenvalue weighted by molar-refractivity contribution is 0.185. The molecule has 60 valence electrons. The number of nitrogen functional groups attached to an aromatic ring is 1. The summed E-state index contributed by atoms with van der Waals surface area (Å²) >= 11 is 0. The van der Waals surface area contributed by atoms with E-state index in [2.05, 4.69) is 4.98 Å². The molecule has 0 radical (unpaired) electrons. The fourth-order valence-electron chi connectivity index (χ4n) is 0.774. The Bertz CT molecular complexity index is 239. The molecule has 0 fully saturated rings. The first-order valence-electron chi connectivity index (χ1n) is 3.24. The van der Waals surface area contributed by atoms with Gasteiger partial charge in [0.2, 0.25) is 0 Å². The van der Waals surface area contributed by atoms with Gasteiger partial charge in [-0.1, -0.05) is 0 Å². The number of hydrogen-bond acceptors (Lipinski definition) is 4. The normalized spacial score (nSPS) is 9.64. The van der Waals surface area contributed by atoms with Gasteiger partial charge in [-0.2, -0.15) is 0 Å². The fraction of sp³-hybridized carbons (Fsp3) is 0.286. The largest absolute Gasteiger partial charge is 0.382 e. The van der Waals surface area contributed by atoms with E-state index in [1.165, 1.54) is 0 Å². The summed E-state index contributed by atoms with van der Waals surface area (Å²) in [6.07, 6.45) is 1.64. The first-order valence-corrected chi connectivity index (χ1v) is 3.24. The Kier molecular flexibility index (Phi) is 2.28. The van der Waals surface area contributed by atoms with Crippen LogP contribution in [-0.2, 0) is 4.84 Å². The van der Waals surface area contributed by atoms with Crippen LogP contribution in [0.4, 0.5) is 11.5 Å². The molecule has 2 N–H and O–H groups in total. The third-order valence-electron chi connectivity index (χ3n) is 1.43. The maximum atomic E-state index is 5.56. The number of anilines is 2. The third-order valence-corrected chi connectivity index (χ3v) is 1.43. The van der Waals surface area contributed by atoms with Crippen molar-refractivity contribution in [3.05, 3.63) is 18.3 Å². The quantitative estimate of drug-likeness (QED) is 0.634. The van der Waals surface area contributed by atoms with Crippen LogP contribution in [0.5, 0.6) is 0 Å². The number of hydroxylamine groups is 1. The second-order valence-electron chi connectivity index (χ2n) is 2.09. The van der Waals surface area contributed by atoms with Crippen molar-refractivity contribution in [1.82, 2.24) is 4.98 Å². The molecular formula is C7H11N3O. The van der Waals surface area contributed by atoms with E-state index in [9.17, 15) is 0 Å².